The van der Waals surface area contributed by atoms with Crippen molar-refractivity contribution in [3.63, 3.8) is 0 Å². The van der Waals surface area contributed by atoms with E-state index in [0.717, 1.165) is 24.9 Å². The molecule has 5 N–H and O–H groups in total. The van der Waals surface area contributed by atoms with Gasteiger partial charge >= 0.3 is 0 Å². The van der Waals surface area contributed by atoms with Crippen molar-refractivity contribution in [1.82, 2.24) is 21.2 Å². The van der Waals surface area contributed by atoms with E-state index in [1.54, 1.807) is 31.2 Å². The van der Waals surface area contributed by atoms with Crippen LogP contribution in [0.5, 0.6) is 5.75 Å². The lowest BCUT2D eigenvalue weighted by Crippen LogP contribution is -2.53. The highest BCUT2D eigenvalue weighted by atomic mass is 16.7. The highest BCUT2D eigenvalue weighted by molar-refractivity contribution is 6.00. The van der Waals surface area contributed by atoms with E-state index in [1.807, 2.05) is 43.3 Å². The maximum atomic E-state index is 14.0. The summed E-state index contributed by atoms with van der Waals surface area (Å²) in [6.07, 6.45) is 1.35. The quantitative estimate of drug-likeness (QED) is 0.240. The van der Waals surface area contributed by atoms with Crippen LogP contribution < -0.4 is 25.8 Å². The van der Waals surface area contributed by atoms with E-state index in [4.69, 9.17) is 14.4 Å². The second-order valence-corrected chi connectivity index (χ2v) is 13.5. The average molecular weight is 668 g/mol. The molecule has 13 heteroatoms. The first-order valence-corrected chi connectivity index (χ1v) is 16.7. The molecule has 262 valence electrons. The highest BCUT2D eigenvalue weighted by Crippen LogP contribution is 2.39. The largest absolute Gasteiger partial charge is 0.496 e. The summed E-state index contributed by atoms with van der Waals surface area (Å²) in [6, 6.07) is 9.38. The number of methoxy groups -OCH3 is 1. The maximum absolute atomic E-state index is 14.0. The van der Waals surface area contributed by atoms with Crippen LogP contribution in [0.25, 0.3) is 11.1 Å². The van der Waals surface area contributed by atoms with E-state index in [0.29, 0.717) is 39.8 Å². The molecular formula is C35H49N5O8. The first-order chi connectivity index (χ1) is 22.9. The Bertz CT molecular complexity index is 1480. The number of benzene rings is 2. The number of nitrogens with zero attached hydrogens (tertiary/aromatic N) is 2. The molecule has 3 amide bonds. The van der Waals surface area contributed by atoms with Crippen LogP contribution in [-0.4, -0.2) is 97.8 Å². The van der Waals surface area contributed by atoms with Gasteiger partial charge in [-0.25, -0.2) is 5.48 Å². The third kappa shape index (κ3) is 7.45. The van der Waals surface area contributed by atoms with E-state index in [2.05, 4.69) is 30.0 Å². The molecule has 0 spiro atoms. The van der Waals surface area contributed by atoms with Gasteiger partial charge in [-0.15, -0.1) is 0 Å². The molecule has 2 heterocycles. The Balaban J connectivity index is 1.47. The Morgan fingerprint density at radius 1 is 1.17 bits per heavy atom. The van der Waals surface area contributed by atoms with E-state index in [9.17, 15) is 24.6 Å². The zero-order valence-corrected chi connectivity index (χ0v) is 28.6. The molecule has 2 saturated heterocycles. The number of carbonyl (C=O) groups is 3. The lowest BCUT2D eigenvalue weighted by Gasteiger charge is -2.36. The van der Waals surface area contributed by atoms with Crippen LogP contribution >= 0.6 is 0 Å². The van der Waals surface area contributed by atoms with Crippen LogP contribution in [0, 0.1) is 17.8 Å². The first-order valence-electron chi connectivity index (χ1n) is 16.7. The summed E-state index contributed by atoms with van der Waals surface area (Å²) in [5, 5.41) is 28.6. The maximum Gasteiger partial charge on any atom is 0.268 e. The highest BCUT2D eigenvalue weighted by Gasteiger charge is 2.50. The average Bonchev–Trinajstić information content (AvgIpc) is 3.65. The molecule has 8 atom stereocenters. The molecule has 1 aliphatic carbocycles. The normalized spacial score (nSPS) is 28.1. The number of rotatable bonds is 11. The van der Waals surface area contributed by atoms with Crippen molar-refractivity contribution in [2.45, 2.75) is 76.9 Å². The van der Waals surface area contributed by atoms with Crippen LogP contribution in [0.15, 0.2) is 36.4 Å². The van der Waals surface area contributed by atoms with Crippen LogP contribution in [0.2, 0.25) is 0 Å². The summed E-state index contributed by atoms with van der Waals surface area (Å²) >= 11 is 0. The topological polar surface area (TPSA) is 162 Å². The van der Waals surface area contributed by atoms with E-state index in [1.165, 1.54) is 0 Å². The van der Waals surface area contributed by atoms with Gasteiger partial charge in [0.05, 0.1) is 26.4 Å². The molecule has 1 saturated carbocycles. The van der Waals surface area contributed by atoms with Crippen molar-refractivity contribution < 1.29 is 39.0 Å². The Labute approximate surface area is 281 Å². The zero-order valence-electron chi connectivity index (χ0n) is 28.6. The number of ether oxygens (including phenoxy) is 1. The predicted octanol–water partition coefficient (Wildman–Crippen LogP) is 2.00. The Morgan fingerprint density at radius 2 is 1.94 bits per heavy atom. The minimum atomic E-state index is -0.918. The fourth-order valence-corrected chi connectivity index (χ4v) is 7.12. The molecule has 0 aromatic heterocycles. The van der Waals surface area contributed by atoms with Crippen LogP contribution in [0.3, 0.4) is 0 Å². The van der Waals surface area contributed by atoms with E-state index >= 15 is 0 Å². The van der Waals surface area contributed by atoms with Crippen molar-refractivity contribution in [1.29, 1.82) is 0 Å². The molecule has 2 aromatic rings. The Morgan fingerprint density at radius 3 is 2.58 bits per heavy atom. The summed E-state index contributed by atoms with van der Waals surface area (Å²) in [5.41, 5.74) is 5.46. The number of para-hydroxylation sites is 1. The van der Waals surface area contributed by atoms with Gasteiger partial charge in [-0.05, 0) is 48.9 Å². The van der Waals surface area contributed by atoms with E-state index in [-0.39, 0.29) is 31.7 Å². The summed E-state index contributed by atoms with van der Waals surface area (Å²) in [4.78, 5) is 52.3. The van der Waals surface area contributed by atoms with Gasteiger partial charge in [0, 0.05) is 48.4 Å². The lowest BCUT2D eigenvalue weighted by molar-refractivity contribution is -0.182. The van der Waals surface area contributed by atoms with Gasteiger partial charge in [0.25, 0.3) is 11.8 Å². The summed E-state index contributed by atoms with van der Waals surface area (Å²) < 4.78 is 5.97. The molecule has 5 rings (SSSR count). The molecule has 0 bridgehead atoms. The van der Waals surface area contributed by atoms with Gasteiger partial charge in [0.1, 0.15) is 30.5 Å². The van der Waals surface area contributed by atoms with Gasteiger partial charge in [0.15, 0.2) is 0 Å². The third-order valence-electron chi connectivity index (χ3n) is 10.1. The number of aliphatic hydroxyl groups excluding tert-OH is 2. The number of carbonyl (C=O) groups excluding carboxylic acids is 3. The molecule has 0 radical (unpaired) electrons. The number of amides is 3. The SMILES string of the molecule is COc1c(CN2O[C@@H](CO)[C@H]([C@H](C)O)[C@H]2C(=O)N[C@H]2CCC[C@H](C)[C@@H]2C)cccc1-c1cc(C(=O)N[C@@H]2CONC2=O)cc(N(C)C)c1. The van der Waals surface area contributed by atoms with Crippen molar-refractivity contribution >= 4 is 23.4 Å². The van der Waals surface area contributed by atoms with Gasteiger partial charge in [-0.1, -0.05) is 44.9 Å². The van der Waals surface area contributed by atoms with Gasteiger partial charge in [0.2, 0.25) is 5.91 Å². The first kappa shape index (κ1) is 35.6. The molecule has 3 fully saturated rings. The van der Waals surface area contributed by atoms with Crippen LogP contribution in [0.4, 0.5) is 5.69 Å². The minimum Gasteiger partial charge on any atom is -0.496 e. The molecule has 0 unspecified atom stereocenters. The number of aliphatic hydroxyl groups is 2. The van der Waals surface area contributed by atoms with Gasteiger partial charge in [-0.3, -0.25) is 24.1 Å². The summed E-state index contributed by atoms with van der Waals surface area (Å²) in [6.45, 7) is 5.79. The molecule has 2 aromatic carbocycles. The fraction of sp³-hybridized carbons (Fsp3) is 0.571. The molecule has 13 nitrogen and oxygen atoms in total. The number of hydrogen-bond donors (Lipinski definition) is 5. The van der Waals surface area contributed by atoms with Crippen molar-refractivity contribution in [2.75, 3.05) is 39.3 Å². The Kier molecular flexibility index (Phi) is 11.3. The smallest absolute Gasteiger partial charge is 0.268 e. The van der Waals surface area contributed by atoms with Gasteiger partial charge < -0.3 is 30.5 Å². The van der Waals surface area contributed by atoms with Crippen LogP contribution in [-0.2, 0) is 25.8 Å². The third-order valence-corrected chi connectivity index (χ3v) is 10.1. The van der Waals surface area contributed by atoms with Crippen molar-refractivity contribution in [2.24, 2.45) is 17.8 Å². The fourth-order valence-electron chi connectivity index (χ4n) is 7.12. The van der Waals surface area contributed by atoms with Crippen LogP contribution in [0.1, 0.15) is 56.0 Å². The predicted molar refractivity (Wildman–Crippen MR) is 179 cm³/mol. The zero-order chi connectivity index (χ0) is 34.7. The second kappa shape index (κ2) is 15.2. The standard InChI is InChI=1S/C35H49N5O8/c1-19-9-7-12-27(20(19)2)36-35(45)31-30(21(3)42)29(17-41)48-40(31)16-22-10-8-11-26(32(22)46-6)23-13-24(15-25(14-23)39(4)5)33(43)37-28-18-47-38-34(28)44/h8,10-11,13-15,19-21,27-31,41-42H,7,9,12,16-18H2,1-6H3,(H,36,45)(H,37,43)(H,38,44)/t19-,20-,21-,27-,28+,29-,30-,31-/m0/s1. The lowest BCUT2D eigenvalue weighted by atomic mass is 9.77. The molecule has 3 aliphatic rings. The Hall–Kier alpha value is -3.75. The van der Waals surface area contributed by atoms with Gasteiger partial charge in [-0.2, -0.15) is 5.06 Å². The van der Waals surface area contributed by atoms with E-state index < -0.39 is 42.0 Å². The molecule has 2 aliphatic heterocycles. The number of hydroxylamine groups is 3. The molecular weight excluding hydrogens is 618 g/mol. The number of anilines is 1. The monoisotopic (exact) mass is 667 g/mol. The summed E-state index contributed by atoms with van der Waals surface area (Å²) in [5.74, 6) is -0.440. The van der Waals surface area contributed by atoms with Crippen molar-refractivity contribution in [3.8, 4) is 16.9 Å². The van der Waals surface area contributed by atoms with Crippen molar-refractivity contribution in [3.05, 3.63) is 47.5 Å². The summed E-state index contributed by atoms with van der Waals surface area (Å²) in [7, 11) is 5.29. The molecule has 48 heavy (non-hydrogen) atoms. The minimum absolute atomic E-state index is 0.00902. The number of nitrogens with one attached hydrogen (secondary N) is 3. The second-order valence-electron chi connectivity index (χ2n) is 13.5. The number of hydrogen-bond acceptors (Lipinski definition) is 10.